The quantitative estimate of drug-likeness (QED) is 0.292. The molecule has 180 valence electrons. The number of aliphatic hydroxyl groups is 4. The number of nitriles is 1. The van der Waals surface area contributed by atoms with Crippen LogP contribution in [0.3, 0.4) is 0 Å². The molecular weight excluding hydrogens is 464 g/mol. The average molecular weight is 491 g/mol. The maximum Gasteiger partial charge on any atom is 0.127 e. The first kappa shape index (κ1) is 23.7. The highest BCUT2D eigenvalue weighted by atomic mass is 32.1. The minimum Gasteiger partial charge on any atom is -0.394 e. The first-order chi connectivity index (χ1) is 16.9. The van der Waals surface area contributed by atoms with Gasteiger partial charge in [0.05, 0.1) is 23.9 Å². The number of aromatic nitrogens is 1. The van der Waals surface area contributed by atoms with E-state index in [-0.39, 0.29) is 0 Å². The minimum absolute atomic E-state index is 0.480. The van der Waals surface area contributed by atoms with Gasteiger partial charge in [-0.15, -0.1) is 11.3 Å². The Morgan fingerprint density at radius 2 is 1.83 bits per heavy atom. The zero-order valence-electron chi connectivity index (χ0n) is 19.0. The summed E-state index contributed by atoms with van der Waals surface area (Å²) in [5.74, 6) is 0. The minimum atomic E-state index is -1.45. The van der Waals surface area contributed by atoms with E-state index in [4.69, 9.17) is 4.74 Å². The number of aryl methyl sites for hydroxylation is 1. The molecule has 0 spiro atoms. The van der Waals surface area contributed by atoms with Crippen molar-refractivity contribution in [2.24, 2.45) is 0 Å². The van der Waals surface area contributed by atoms with Crippen molar-refractivity contribution in [3.05, 3.63) is 81.9 Å². The highest BCUT2D eigenvalue weighted by Crippen LogP contribution is 2.39. The van der Waals surface area contributed by atoms with Crippen molar-refractivity contribution >= 4 is 22.2 Å². The number of H-pyrrole nitrogens is 1. The lowest BCUT2D eigenvalue weighted by atomic mass is 9.91. The molecule has 2 aromatic heterocycles. The zero-order chi connectivity index (χ0) is 24.7. The Morgan fingerprint density at radius 1 is 1.03 bits per heavy atom. The molecule has 7 nitrogen and oxygen atoms in total. The molecule has 35 heavy (non-hydrogen) atoms. The van der Waals surface area contributed by atoms with Gasteiger partial charge in [0, 0.05) is 27.1 Å². The number of benzene rings is 2. The number of nitrogens with one attached hydrogen (secondary N) is 1. The van der Waals surface area contributed by atoms with E-state index in [0.29, 0.717) is 17.7 Å². The molecule has 0 bridgehead atoms. The van der Waals surface area contributed by atoms with Crippen molar-refractivity contribution in [1.29, 1.82) is 5.26 Å². The van der Waals surface area contributed by atoms with Crippen LogP contribution in [0.15, 0.2) is 54.6 Å². The molecule has 2 aromatic carbocycles. The van der Waals surface area contributed by atoms with Gasteiger partial charge in [0.25, 0.3) is 0 Å². The Kier molecular flexibility index (Phi) is 6.47. The van der Waals surface area contributed by atoms with Crippen LogP contribution >= 0.6 is 11.3 Å². The largest absolute Gasteiger partial charge is 0.394 e. The lowest BCUT2D eigenvalue weighted by Gasteiger charge is -2.40. The maximum absolute atomic E-state index is 10.8. The van der Waals surface area contributed by atoms with Crippen LogP contribution in [0, 0.1) is 18.3 Å². The first-order valence-electron chi connectivity index (χ1n) is 11.4. The smallest absolute Gasteiger partial charge is 0.127 e. The number of nitrogens with zero attached hydrogens (tertiary/aromatic N) is 1. The van der Waals surface area contributed by atoms with Crippen LogP contribution in [-0.2, 0) is 11.2 Å². The van der Waals surface area contributed by atoms with E-state index in [1.165, 1.54) is 0 Å². The van der Waals surface area contributed by atoms with E-state index >= 15 is 0 Å². The lowest BCUT2D eigenvalue weighted by molar-refractivity contribution is -0.232. The van der Waals surface area contributed by atoms with Gasteiger partial charge in [0.1, 0.15) is 30.5 Å². The van der Waals surface area contributed by atoms with Crippen molar-refractivity contribution in [3.8, 4) is 16.5 Å². The summed E-state index contributed by atoms with van der Waals surface area (Å²) in [6, 6.07) is 19.7. The molecule has 1 saturated heterocycles. The molecule has 5 atom stereocenters. The van der Waals surface area contributed by atoms with Gasteiger partial charge in [-0.1, -0.05) is 24.3 Å². The van der Waals surface area contributed by atoms with Gasteiger partial charge in [0.2, 0.25) is 0 Å². The molecule has 0 aliphatic carbocycles. The number of hydrogen-bond donors (Lipinski definition) is 5. The highest BCUT2D eigenvalue weighted by Gasteiger charge is 2.45. The summed E-state index contributed by atoms with van der Waals surface area (Å²) in [5.41, 5.74) is 5.07. The predicted molar refractivity (Wildman–Crippen MR) is 133 cm³/mol. The van der Waals surface area contributed by atoms with Crippen LogP contribution in [-0.4, -0.2) is 56.4 Å². The Labute approximate surface area is 206 Å². The van der Waals surface area contributed by atoms with E-state index in [0.717, 1.165) is 37.3 Å². The third kappa shape index (κ3) is 4.28. The molecule has 1 aliphatic rings. The van der Waals surface area contributed by atoms with Gasteiger partial charge >= 0.3 is 0 Å². The fourth-order valence-corrected chi connectivity index (χ4v) is 5.85. The first-order valence-corrected chi connectivity index (χ1v) is 12.2. The SMILES string of the molecule is Cc1cccc2[nH]c([C@@H]3O[C@H](CO)[C@@H](O)[C@H](O)[C@H]3O)c(Cc3ccc(-c4cccc(C#N)c4)s3)c12. The molecule has 1 aliphatic heterocycles. The molecule has 0 unspecified atom stereocenters. The molecule has 1 fully saturated rings. The number of rotatable bonds is 5. The van der Waals surface area contributed by atoms with Crippen LogP contribution < -0.4 is 0 Å². The number of ether oxygens (including phenoxy) is 1. The molecule has 3 heterocycles. The van der Waals surface area contributed by atoms with Crippen molar-refractivity contribution in [2.75, 3.05) is 6.61 Å². The monoisotopic (exact) mass is 490 g/mol. The van der Waals surface area contributed by atoms with E-state index in [9.17, 15) is 25.7 Å². The summed E-state index contributed by atoms with van der Waals surface area (Å²) in [7, 11) is 0. The fraction of sp³-hybridized carbons (Fsp3) is 0.296. The number of hydrogen-bond acceptors (Lipinski definition) is 7. The number of aliphatic hydroxyl groups excluding tert-OH is 4. The number of aromatic amines is 1. The molecule has 0 amide bonds. The number of thiophene rings is 1. The summed E-state index contributed by atoms with van der Waals surface area (Å²) in [4.78, 5) is 5.49. The van der Waals surface area contributed by atoms with Gasteiger partial charge < -0.3 is 30.1 Å². The van der Waals surface area contributed by atoms with Crippen LogP contribution in [0.1, 0.15) is 33.4 Å². The normalized spacial score (nSPS) is 24.5. The molecule has 0 radical (unpaired) electrons. The third-order valence-electron chi connectivity index (χ3n) is 6.63. The van der Waals surface area contributed by atoms with Gasteiger partial charge in [-0.25, -0.2) is 0 Å². The summed E-state index contributed by atoms with van der Waals surface area (Å²) >= 11 is 1.62. The predicted octanol–water partition coefficient (Wildman–Crippen LogP) is 3.18. The summed E-state index contributed by atoms with van der Waals surface area (Å²) in [5, 5.41) is 51.3. The van der Waals surface area contributed by atoms with Crippen LogP contribution in [0.25, 0.3) is 21.3 Å². The third-order valence-corrected chi connectivity index (χ3v) is 7.77. The summed E-state index contributed by atoms with van der Waals surface area (Å²) in [6.45, 7) is 1.54. The molecule has 4 aromatic rings. The van der Waals surface area contributed by atoms with Crippen molar-refractivity contribution < 1.29 is 25.2 Å². The second-order valence-electron chi connectivity index (χ2n) is 8.90. The topological polar surface area (TPSA) is 130 Å². The standard InChI is InChI=1S/C27H26N2O5S/c1-14-4-2-7-19-22(14)18(23(29-19)27-26(33)25(32)24(31)20(13-30)34-27)11-17-8-9-21(35-17)16-6-3-5-15(10-16)12-28/h2-10,20,24-27,29-33H,11,13H2,1H3/t20-,24-,25+,26-,27+/m1/s1. The van der Waals surface area contributed by atoms with E-state index in [1.807, 2.05) is 55.5 Å². The molecule has 5 rings (SSSR count). The Bertz CT molecular complexity index is 1400. The molecule has 8 heteroatoms. The highest BCUT2D eigenvalue weighted by molar-refractivity contribution is 7.15. The molecular formula is C27H26N2O5S. The van der Waals surface area contributed by atoms with Crippen LogP contribution in [0.4, 0.5) is 0 Å². The van der Waals surface area contributed by atoms with Crippen molar-refractivity contribution in [1.82, 2.24) is 4.98 Å². The van der Waals surface area contributed by atoms with Crippen LogP contribution in [0.2, 0.25) is 0 Å². The maximum atomic E-state index is 10.8. The second-order valence-corrected chi connectivity index (χ2v) is 10.1. The summed E-state index contributed by atoms with van der Waals surface area (Å²) in [6.07, 6.45) is -5.61. The van der Waals surface area contributed by atoms with Gasteiger partial charge in [-0.05, 0) is 53.9 Å². The summed E-state index contributed by atoms with van der Waals surface area (Å²) < 4.78 is 5.90. The lowest BCUT2D eigenvalue weighted by Crippen LogP contribution is -2.55. The van der Waals surface area contributed by atoms with Gasteiger partial charge in [0.15, 0.2) is 0 Å². The van der Waals surface area contributed by atoms with Gasteiger partial charge in [-0.2, -0.15) is 5.26 Å². The van der Waals surface area contributed by atoms with E-state index in [1.54, 1.807) is 17.4 Å². The Hall–Kier alpha value is -3.03. The second kappa shape index (κ2) is 9.55. The molecule has 5 N–H and O–H groups in total. The van der Waals surface area contributed by atoms with E-state index in [2.05, 4.69) is 11.1 Å². The Morgan fingerprint density at radius 3 is 2.60 bits per heavy atom. The van der Waals surface area contributed by atoms with Crippen molar-refractivity contribution in [2.45, 2.75) is 43.9 Å². The van der Waals surface area contributed by atoms with Gasteiger partial charge in [-0.3, -0.25) is 0 Å². The average Bonchev–Trinajstić information content (AvgIpc) is 3.49. The van der Waals surface area contributed by atoms with Crippen molar-refractivity contribution in [3.63, 3.8) is 0 Å². The van der Waals surface area contributed by atoms with E-state index < -0.39 is 37.1 Å². The number of fused-ring (bicyclic) bond motifs is 1. The Balaban J connectivity index is 1.56. The molecule has 0 saturated carbocycles. The fourth-order valence-electron chi connectivity index (χ4n) is 4.84. The van der Waals surface area contributed by atoms with Crippen LogP contribution in [0.5, 0.6) is 0 Å². The zero-order valence-corrected chi connectivity index (χ0v) is 19.9.